The van der Waals surface area contributed by atoms with Gasteiger partial charge in [-0.3, -0.25) is 4.90 Å². The highest BCUT2D eigenvalue weighted by Crippen LogP contribution is 2.46. The third kappa shape index (κ3) is 6.37. The van der Waals surface area contributed by atoms with Crippen molar-refractivity contribution in [2.24, 2.45) is 0 Å². The minimum Gasteiger partial charge on any atom is -0.493 e. The van der Waals surface area contributed by atoms with Crippen LogP contribution in [0.1, 0.15) is 80.5 Å². The molecule has 0 radical (unpaired) electrons. The third-order valence-corrected chi connectivity index (χ3v) is 8.53. The molecule has 1 unspecified atom stereocenters. The lowest BCUT2D eigenvalue weighted by Gasteiger charge is -2.34. The molecular formula is C33H45N3O2. The standard InChI is InChI=1S/C33H45N3O2/c1-4-5-7-24-10-12-28(13-11-24)35-29-15-18-36(19-16-29)23-25-14-17-34-31(20-25)27-21-30(26-8-6-9-26)33(38-3)32(22-27)37-2/h10-14,17,20-22,26,29,31,34-35H,4-9,15-16,18-19,23H2,1-3H3. The lowest BCUT2D eigenvalue weighted by molar-refractivity contribution is 0.236. The second-order valence-electron chi connectivity index (χ2n) is 11.2. The summed E-state index contributed by atoms with van der Waals surface area (Å²) in [6.07, 6.45) is 16.5. The Morgan fingerprint density at radius 1 is 1.00 bits per heavy atom. The van der Waals surface area contributed by atoms with Gasteiger partial charge in [0.25, 0.3) is 0 Å². The van der Waals surface area contributed by atoms with Gasteiger partial charge < -0.3 is 20.1 Å². The van der Waals surface area contributed by atoms with Crippen LogP contribution in [0.25, 0.3) is 0 Å². The minimum absolute atomic E-state index is 0.146. The second kappa shape index (κ2) is 12.8. The van der Waals surface area contributed by atoms with E-state index in [2.05, 4.69) is 77.2 Å². The summed E-state index contributed by atoms with van der Waals surface area (Å²) in [5.41, 5.74) is 6.62. The van der Waals surface area contributed by atoms with Crippen molar-refractivity contribution in [3.05, 3.63) is 77.0 Å². The molecule has 0 spiro atoms. The van der Waals surface area contributed by atoms with Crippen LogP contribution in [0.3, 0.4) is 0 Å². The number of benzene rings is 2. The lowest BCUT2D eigenvalue weighted by atomic mass is 9.78. The zero-order chi connectivity index (χ0) is 26.3. The van der Waals surface area contributed by atoms with Gasteiger partial charge in [0.15, 0.2) is 11.5 Å². The van der Waals surface area contributed by atoms with Gasteiger partial charge in [-0.15, -0.1) is 0 Å². The molecule has 0 bridgehead atoms. The molecule has 1 atom stereocenters. The molecule has 3 aliphatic rings. The molecule has 2 aromatic rings. The first kappa shape index (κ1) is 26.7. The van der Waals surface area contributed by atoms with E-state index < -0.39 is 0 Å². The number of nitrogens with zero attached hydrogens (tertiary/aromatic N) is 1. The molecule has 2 N–H and O–H groups in total. The smallest absolute Gasteiger partial charge is 0.164 e. The first-order chi connectivity index (χ1) is 18.7. The van der Waals surface area contributed by atoms with Crippen LogP contribution in [0.4, 0.5) is 5.69 Å². The topological polar surface area (TPSA) is 45.8 Å². The van der Waals surface area contributed by atoms with Crippen molar-refractivity contribution in [2.45, 2.75) is 76.3 Å². The first-order valence-electron chi connectivity index (χ1n) is 14.6. The number of aryl methyl sites for hydroxylation is 1. The molecule has 1 saturated heterocycles. The number of hydrogen-bond donors (Lipinski definition) is 2. The average Bonchev–Trinajstić information content (AvgIpc) is 2.92. The molecule has 2 aliphatic heterocycles. The SMILES string of the molecule is CCCCc1ccc(NC2CCN(CC3=CC(c4cc(OC)c(OC)c(C5CCC5)c4)NC=C3)CC2)cc1. The molecule has 0 aromatic heterocycles. The van der Waals surface area contributed by atoms with E-state index in [1.54, 1.807) is 14.2 Å². The first-order valence-corrected chi connectivity index (χ1v) is 14.6. The fourth-order valence-electron chi connectivity index (χ4n) is 5.97. The second-order valence-corrected chi connectivity index (χ2v) is 11.2. The molecule has 5 rings (SSSR count). The van der Waals surface area contributed by atoms with E-state index in [4.69, 9.17) is 9.47 Å². The van der Waals surface area contributed by atoms with Crippen LogP contribution in [0.5, 0.6) is 11.5 Å². The fourth-order valence-corrected chi connectivity index (χ4v) is 5.97. The molecule has 38 heavy (non-hydrogen) atoms. The van der Waals surface area contributed by atoms with Gasteiger partial charge in [0.2, 0.25) is 0 Å². The van der Waals surface area contributed by atoms with E-state index in [0.717, 1.165) is 31.1 Å². The van der Waals surface area contributed by atoms with Gasteiger partial charge in [-0.05, 0) is 97.7 Å². The summed E-state index contributed by atoms with van der Waals surface area (Å²) in [7, 11) is 3.49. The molecule has 5 heteroatoms. The maximum absolute atomic E-state index is 5.77. The highest BCUT2D eigenvalue weighted by molar-refractivity contribution is 5.53. The number of ether oxygens (including phenoxy) is 2. The average molecular weight is 516 g/mol. The Bertz CT molecular complexity index is 1110. The number of methoxy groups -OCH3 is 2. The number of anilines is 1. The molecular weight excluding hydrogens is 470 g/mol. The van der Waals surface area contributed by atoms with Crippen molar-refractivity contribution in [3.8, 4) is 11.5 Å². The summed E-state index contributed by atoms with van der Waals surface area (Å²) in [6, 6.07) is 14.3. The maximum atomic E-state index is 5.77. The van der Waals surface area contributed by atoms with Crippen molar-refractivity contribution in [2.75, 3.05) is 39.2 Å². The Morgan fingerprint density at radius 3 is 2.45 bits per heavy atom. The van der Waals surface area contributed by atoms with Gasteiger partial charge in [-0.25, -0.2) is 0 Å². The molecule has 2 aromatic carbocycles. The zero-order valence-electron chi connectivity index (χ0n) is 23.5. The Kier molecular flexibility index (Phi) is 8.95. The number of nitrogens with one attached hydrogen (secondary N) is 2. The van der Waals surface area contributed by atoms with Crippen molar-refractivity contribution in [1.82, 2.24) is 10.2 Å². The monoisotopic (exact) mass is 515 g/mol. The Balaban J connectivity index is 1.17. The summed E-state index contributed by atoms with van der Waals surface area (Å²) in [6.45, 7) is 5.49. The van der Waals surface area contributed by atoms with Crippen molar-refractivity contribution < 1.29 is 9.47 Å². The van der Waals surface area contributed by atoms with E-state index in [9.17, 15) is 0 Å². The van der Waals surface area contributed by atoms with Crippen LogP contribution < -0.4 is 20.1 Å². The fraction of sp³-hybridized carbons (Fsp3) is 0.515. The predicted molar refractivity (Wildman–Crippen MR) is 157 cm³/mol. The van der Waals surface area contributed by atoms with Gasteiger partial charge >= 0.3 is 0 Å². The molecule has 2 fully saturated rings. The van der Waals surface area contributed by atoms with Crippen molar-refractivity contribution in [1.29, 1.82) is 0 Å². The Labute approximate surface area is 229 Å². The van der Waals surface area contributed by atoms with Gasteiger partial charge in [0.1, 0.15) is 0 Å². The number of dihydropyridines is 1. The van der Waals surface area contributed by atoms with Crippen LogP contribution in [0, 0.1) is 0 Å². The van der Waals surface area contributed by atoms with E-state index in [0.29, 0.717) is 12.0 Å². The van der Waals surface area contributed by atoms with Crippen LogP contribution in [-0.2, 0) is 6.42 Å². The predicted octanol–water partition coefficient (Wildman–Crippen LogP) is 6.97. The molecule has 204 valence electrons. The summed E-state index contributed by atoms with van der Waals surface area (Å²) < 4.78 is 11.5. The summed E-state index contributed by atoms with van der Waals surface area (Å²) in [5, 5.41) is 7.33. The van der Waals surface area contributed by atoms with Gasteiger partial charge in [0, 0.05) is 36.9 Å². The number of likely N-dealkylation sites (tertiary alicyclic amines) is 1. The number of unbranched alkanes of at least 4 members (excludes halogenated alkanes) is 1. The summed E-state index contributed by atoms with van der Waals surface area (Å²) in [5.74, 6) is 2.32. The summed E-state index contributed by atoms with van der Waals surface area (Å²) in [4.78, 5) is 2.60. The number of hydrogen-bond acceptors (Lipinski definition) is 5. The Morgan fingerprint density at radius 2 is 1.79 bits per heavy atom. The molecule has 1 aliphatic carbocycles. The van der Waals surface area contributed by atoms with Crippen molar-refractivity contribution >= 4 is 5.69 Å². The largest absolute Gasteiger partial charge is 0.493 e. The third-order valence-electron chi connectivity index (χ3n) is 8.53. The van der Waals surface area contributed by atoms with Crippen LogP contribution in [0.2, 0.25) is 0 Å². The van der Waals surface area contributed by atoms with Crippen molar-refractivity contribution in [3.63, 3.8) is 0 Å². The highest BCUT2D eigenvalue weighted by Gasteiger charge is 2.27. The summed E-state index contributed by atoms with van der Waals surface area (Å²) >= 11 is 0. The molecule has 0 amide bonds. The number of piperidine rings is 1. The quantitative estimate of drug-likeness (QED) is 0.338. The van der Waals surface area contributed by atoms with E-state index in [1.807, 2.05) is 0 Å². The van der Waals surface area contributed by atoms with Gasteiger partial charge in [0.05, 0.1) is 20.3 Å². The highest BCUT2D eigenvalue weighted by atomic mass is 16.5. The van der Waals surface area contributed by atoms with E-state index in [1.165, 1.54) is 79.3 Å². The number of rotatable bonds is 11. The molecule has 1 saturated carbocycles. The van der Waals surface area contributed by atoms with Gasteiger partial charge in [-0.1, -0.05) is 38.0 Å². The van der Waals surface area contributed by atoms with Crippen LogP contribution in [-0.4, -0.2) is 44.8 Å². The normalized spacial score (nSPS) is 20.4. The minimum atomic E-state index is 0.146. The lowest BCUT2D eigenvalue weighted by Crippen LogP contribution is -2.40. The van der Waals surface area contributed by atoms with Crippen LogP contribution >= 0.6 is 0 Å². The molecule has 2 heterocycles. The van der Waals surface area contributed by atoms with Crippen LogP contribution in [0.15, 0.2) is 60.3 Å². The van der Waals surface area contributed by atoms with E-state index in [-0.39, 0.29) is 6.04 Å². The van der Waals surface area contributed by atoms with Gasteiger partial charge in [-0.2, -0.15) is 0 Å². The molecule has 5 nitrogen and oxygen atoms in total. The maximum Gasteiger partial charge on any atom is 0.164 e. The zero-order valence-corrected chi connectivity index (χ0v) is 23.5. The Hall–Kier alpha value is -2.92. The van der Waals surface area contributed by atoms with E-state index >= 15 is 0 Å².